The van der Waals surface area contributed by atoms with E-state index in [1.165, 1.54) is 12.4 Å². The first kappa shape index (κ1) is 26.8. The number of rotatable bonds is 5. The molecule has 1 N–H and O–H groups in total. The largest absolute Gasteiger partial charge is 0.416 e. The van der Waals surface area contributed by atoms with E-state index < -0.39 is 11.7 Å². The third-order valence-electron chi connectivity index (χ3n) is 7.98. The highest BCUT2D eigenvalue weighted by atomic mass is 19.4. The molecule has 1 aromatic carbocycles. The smallest absolute Gasteiger partial charge is 0.379 e. The van der Waals surface area contributed by atoms with Gasteiger partial charge in [-0.2, -0.15) is 13.2 Å². The standard InChI is InChI=1S/C27H34F3N5O3/c1-17-24(26(36)34-11-7-19(8-12-34)33-22-9-13-38-15-23(22)37-2)31-16-32-25(17)35-10-6-18-4-3-5-21(20(18)14-35)27(28,29)30/h3-5,16,19,22-23,33H,6-15H2,1-2H3. The van der Waals surface area contributed by atoms with Gasteiger partial charge in [0.05, 0.1) is 18.3 Å². The highest BCUT2D eigenvalue weighted by molar-refractivity contribution is 5.94. The van der Waals surface area contributed by atoms with E-state index in [1.807, 2.05) is 9.80 Å². The van der Waals surface area contributed by atoms with Gasteiger partial charge in [0.25, 0.3) is 5.91 Å². The van der Waals surface area contributed by atoms with Gasteiger partial charge in [-0.05, 0) is 49.8 Å². The molecule has 5 rings (SSSR count). The number of nitrogens with zero attached hydrogens (tertiary/aromatic N) is 4. The van der Waals surface area contributed by atoms with Crippen LogP contribution < -0.4 is 10.2 Å². The fourth-order valence-electron chi connectivity index (χ4n) is 5.84. The molecule has 0 aliphatic carbocycles. The Morgan fingerprint density at radius 3 is 2.68 bits per heavy atom. The Balaban J connectivity index is 1.26. The number of hydrogen-bond donors (Lipinski definition) is 1. The zero-order chi connectivity index (χ0) is 26.9. The van der Waals surface area contributed by atoms with Crippen LogP contribution >= 0.6 is 0 Å². The van der Waals surface area contributed by atoms with Gasteiger partial charge in [0.2, 0.25) is 0 Å². The van der Waals surface area contributed by atoms with Crippen molar-refractivity contribution in [2.45, 2.75) is 63.5 Å². The molecule has 1 amide bonds. The van der Waals surface area contributed by atoms with E-state index in [0.717, 1.165) is 25.3 Å². The maximum absolute atomic E-state index is 13.6. The number of likely N-dealkylation sites (tertiary alicyclic amines) is 1. The number of fused-ring (bicyclic) bond motifs is 1. The molecule has 2 unspecified atom stereocenters. The van der Waals surface area contributed by atoms with Crippen LogP contribution in [-0.2, 0) is 28.6 Å². The molecule has 1 aromatic heterocycles. The summed E-state index contributed by atoms with van der Waals surface area (Å²) < 4.78 is 52.0. The zero-order valence-electron chi connectivity index (χ0n) is 21.8. The average Bonchev–Trinajstić information content (AvgIpc) is 2.92. The lowest BCUT2D eigenvalue weighted by Crippen LogP contribution is -2.54. The number of piperidine rings is 1. The topological polar surface area (TPSA) is 79.8 Å². The van der Waals surface area contributed by atoms with Crippen LogP contribution in [0.25, 0.3) is 0 Å². The Morgan fingerprint density at radius 2 is 1.95 bits per heavy atom. The highest BCUT2D eigenvalue weighted by Gasteiger charge is 2.36. The molecule has 0 saturated carbocycles. The molecule has 4 heterocycles. The predicted molar refractivity (Wildman–Crippen MR) is 135 cm³/mol. The zero-order valence-corrected chi connectivity index (χ0v) is 21.8. The number of nitrogens with one attached hydrogen (secondary N) is 1. The average molecular weight is 534 g/mol. The molecule has 3 aliphatic rings. The van der Waals surface area contributed by atoms with E-state index in [1.54, 1.807) is 20.1 Å². The van der Waals surface area contributed by atoms with Crippen molar-refractivity contribution in [1.82, 2.24) is 20.2 Å². The van der Waals surface area contributed by atoms with Gasteiger partial charge in [-0.1, -0.05) is 12.1 Å². The minimum atomic E-state index is -4.42. The minimum Gasteiger partial charge on any atom is -0.379 e. The first-order valence-corrected chi connectivity index (χ1v) is 13.2. The van der Waals surface area contributed by atoms with Gasteiger partial charge in [-0.25, -0.2) is 9.97 Å². The Labute approximate surface area is 220 Å². The van der Waals surface area contributed by atoms with Crippen molar-refractivity contribution < 1.29 is 27.4 Å². The lowest BCUT2D eigenvalue weighted by atomic mass is 9.94. The molecule has 206 valence electrons. The molecule has 11 heteroatoms. The lowest BCUT2D eigenvalue weighted by molar-refractivity contribution is -0.138. The number of alkyl halides is 3. The van der Waals surface area contributed by atoms with E-state index in [0.29, 0.717) is 61.9 Å². The molecule has 8 nitrogen and oxygen atoms in total. The summed E-state index contributed by atoms with van der Waals surface area (Å²) in [5.41, 5.74) is 1.26. The van der Waals surface area contributed by atoms with Crippen molar-refractivity contribution in [2.24, 2.45) is 0 Å². The number of halogens is 3. The van der Waals surface area contributed by atoms with Gasteiger partial charge in [0, 0.05) is 57.5 Å². The Bertz CT molecular complexity index is 1150. The number of carbonyl (C=O) groups is 1. The Kier molecular flexibility index (Phi) is 7.88. The summed E-state index contributed by atoms with van der Waals surface area (Å²) in [6.07, 6.45) is -0.0498. The minimum absolute atomic E-state index is 0.0273. The third kappa shape index (κ3) is 5.50. The molecule has 3 aliphatic heterocycles. The van der Waals surface area contributed by atoms with Crippen molar-refractivity contribution in [3.05, 3.63) is 52.5 Å². The number of anilines is 1. The summed E-state index contributed by atoms with van der Waals surface area (Å²) >= 11 is 0. The number of benzene rings is 1. The normalized spacial score (nSPS) is 22.9. The summed E-state index contributed by atoms with van der Waals surface area (Å²) in [4.78, 5) is 25.7. The second-order valence-electron chi connectivity index (χ2n) is 10.3. The van der Waals surface area contributed by atoms with Crippen LogP contribution in [0.15, 0.2) is 24.5 Å². The number of methoxy groups -OCH3 is 1. The fourth-order valence-corrected chi connectivity index (χ4v) is 5.84. The maximum atomic E-state index is 13.6. The molecule has 0 spiro atoms. The summed E-state index contributed by atoms with van der Waals surface area (Å²) in [6, 6.07) is 4.86. The molecule has 0 radical (unpaired) electrons. The molecule has 2 fully saturated rings. The van der Waals surface area contributed by atoms with Gasteiger partial charge in [-0.3, -0.25) is 4.79 Å². The van der Waals surface area contributed by atoms with E-state index in [9.17, 15) is 18.0 Å². The van der Waals surface area contributed by atoms with Crippen LogP contribution in [0.2, 0.25) is 0 Å². The molecule has 2 atom stereocenters. The van der Waals surface area contributed by atoms with Crippen LogP contribution in [0.3, 0.4) is 0 Å². The van der Waals surface area contributed by atoms with Gasteiger partial charge in [0.1, 0.15) is 17.8 Å². The van der Waals surface area contributed by atoms with Crippen LogP contribution in [0.5, 0.6) is 0 Å². The quantitative estimate of drug-likeness (QED) is 0.632. The number of hydrogen-bond acceptors (Lipinski definition) is 7. The monoisotopic (exact) mass is 533 g/mol. The number of aromatic nitrogens is 2. The van der Waals surface area contributed by atoms with Crippen molar-refractivity contribution in [2.75, 3.05) is 44.9 Å². The van der Waals surface area contributed by atoms with Crippen molar-refractivity contribution in [1.29, 1.82) is 0 Å². The number of ether oxygens (including phenoxy) is 2. The molecule has 38 heavy (non-hydrogen) atoms. The van der Waals surface area contributed by atoms with E-state index in [-0.39, 0.29) is 36.2 Å². The second kappa shape index (κ2) is 11.2. The first-order chi connectivity index (χ1) is 18.3. The number of carbonyl (C=O) groups excluding carboxylic acids is 1. The molecule has 2 saturated heterocycles. The third-order valence-corrected chi connectivity index (χ3v) is 7.98. The molecular formula is C27H34F3N5O3. The molecule has 0 bridgehead atoms. The Hall–Kier alpha value is -2.76. The van der Waals surface area contributed by atoms with Crippen LogP contribution in [0.1, 0.15) is 52.0 Å². The lowest BCUT2D eigenvalue weighted by Gasteiger charge is -2.38. The van der Waals surface area contributed by atoms with Gasteiger partial charge < -0.3 is 24.6 Å². The summed E-state index contributed by atoms with van der Waals surface area (Å²) in [5, 5.41) is 3.69. The van der Waals surface area contributed by atoms with E-state index in [2.05, 4.69) is 15.3 Å². The predicted octanol–water partition coefficient (Wildman–Crippen LogP) is 3.36. The first-order valence-electron chi connectivity index (χ1n) is 13.2. The Morgan fingerprint density at radius 1 is 1.16 bits per heavy atom. The maximum Gasteiger partial charge on any atom is 0.416 e. The van der Waals surface area contributed by atoms with E-state index >= 15 is 0 Å². The fraction of sp³-hybridized carbons (Fsp3) is 0.593. The summed E-state index contributed by atoms with van der Waals surface area (Å²) in [6.45, 7) is 4.88. The van der Waals surface area contributed by atoms with Crippen molar-refractivity contribution in [3.63, 3.8) is 0 Å². The summed E-state index contributed by atoms with van der Waals surface area (Å²) in [7, 11) is 1.70. The molecule has 2 aromatic rings. The van der Waals surface area contributed by atoms with Gasteiger partial charge in [0.15, 0.2) is 0 Å². The van der Waals surface area contributed by atoms with Crippen LogP contribution in [0, 0.1) is 6.92 Å². The summed E-state index contributed by atoms with van der Waals surface area (Å²) in [5.74, 6) is 0.339. The highest BCUT2D eigenvalue weighted by Crippen LogP contribution is 2.37. The second-order valence-corrected chi connectivity index (χ2v) is 10.3. The number of amides is 1. The van der Waals surface area contributed by atoms with Crippen LogP contribution in [0.4, 0.5) is 19.0 Å². The van der Waals surface area contributed by atoms with Crippen molar-refractivity contribution in [3.8, 4) is 0 Å². The molecular weight excluding hydrogens is 499 g/mol. The van der Waals surface area contributed by atoms with Gasteiger partial charge in [-0.15, -0.1) is 0 Å². The van der Waals surface area contributed by atoms with Gasteiger partial charge >= 0.3 is 6.18 Å². The van der Waals surface area contributed by atoms with E-state index in [4.69, 9.17) is 9.47 Å². The van der Waals surface area contributed by atoms with Crippen LogP contribution in [-0.4, -0.2) is 78.9 Å². The van der Waals surface area contributed by atoms with Crippen molar-refractivity contribution >= 4 is 11.7 Å². The SMILES string of the molecule is COC1COCCC1NC1CCN(C(=O)c2ncnc(N3CCc4cccc(C(F)(F)F)c4C3)c2C)CC1.